The first-order valence-corrected chi connectivity index (χ1v) is 9.68. The minimum absolute atomic E-state index is 0.391. The van der Waals surface area contributed by atoms with Crippen LogP contribution < -0.4 is 5.73 Å². The van der Waals surface area contributed by atoms with Crippen molar-refractivity contribution in [2.45, 2.75) is 116 Å². The summed E-state index contributed by atoms with van der Waals surface area (Å²) in [5.41, 5.74) is 5.75. The molecule has 0 aliphatic rings. The highest BCUT2D eigenvalue weighted by atomic mass is 14.6. The first-order chi connectivity index (χ1) is 10.3. The van der Waals surface area contributed by atoms with Crippen LogP contribution in [0.5, 0.6) is 0 Å². The average Bonchev–Trinajstić information content (AvgIpc) is 2.46. The van der Waals surface area contributed by atoms with Gasteiger partial charge in [-0.1, -0.05) is 83.3 Å². The molecule has 0 spiro atoms. The van der Waals surface area contributed by atoms with E-state index in [2.05, 4.69) is 26.0 Å². The Kier molecular flexibility index (Phi) is 17.5. The molecule has 1 atom stereocenters. The molecule has 0 bridgehead atoms. The van der Waals surface area contributed by atoms with E-state index >= 15 is 0 Å². The largest absolute Gasteiger partial charge is 0.328 e. The first-order valence-electron chi connectivity index (χ1n) is 9.68. The van der Waals surface area contributed by atoms with E-state index in [0.717, 1.165) is 0 Å². The van der Waals surface area contributed by atoms with E-state index in [1.807, 2.05) is 0 Å². The van der Waals surface area contributed by atoms with Gasteiger partial charge in [-0.15, -0.1) is 0 Å². The van der Waals surface area contributed by atoms with Gasteiger partial charge in [-0.25, -0.2) is 0 Å². The molecule has 0 aromatic heterocycles. The molecule has 1 nitrogen and oxygen atoms in total. The molecule has 0 aliphatic carbocycles. The molecule has 0 heterocycles. The summed E-state index contributed by atoms with van der Waals surface area (Å²) in [7, 11) is 0. The van der Waals surface area contributed by atoms with Crippen molar-refractivity contribution in [3.05, 3.63) is 12.2 Å². The van der Waals surface area contributed by atoms with Crippen molar-refractivity contribution in [2.24, 2.45) is 5.73 Å². The van der Waals surface area contributed by atoms with E-state index in [9.17, 15) is 0 Å². The maximum Gasteiger partial charge on any atom is 0.00104 e. The van der Waals surface area contributed by atoms with Gasteiger partial charge in [0, 0.05) is 6.04 Å². The highest BCUT2D eigenvalue weighted by Gasteiger charge is 1.94. The predicted molar refractivity (Wildman–Crippen MR) is 97.7 cm³/mol. The van der Waals surface area contributed by atoms with Gasteiger partial charge in [0.25, 0.3) is 0 Å². The van der Waals surface area contributed by atoms with Gasteiger partial charge in [0.2, 0.25) is 0 Å². The zero-order valence-corrected chi connectivity index (χ0v) is 14.9. The van der Waals surface area contributed by atoms with Crippen LogP contribution in [0.1, 0.15) is 110 Å². The van der Waals surface area contributed by atoms with Crippen LogP contribution in [-0.2, 0) is 0 Å². The molecule has 0 rings (SSSR count). The normalized spacial score (nSPS) is 13.1. The number of hydrogen-bond acceptors (Lipinski definition) is 1. The van der Waals surface area contributed by atoms with Gasteiger partial charge in [-0.2, -0.15) is 0 Å². The SMILES string of the molecule is CCCCCCCC/C=C\CCCCCCCCC(C)N. The lowest BCUT2D eigenvalue weighted by atomic mass is 10.1. The smallest absolute Gasteiger partial charge is 0.00104 e. The lowest BCUT2D eigenvalue weighted by Crippen LogP contribution is -2.13. The highest BCUT2D eigenvalue weighted by Crippen LogP contribution is 2.10. The zero-order valence-electron chi connectivity index (χ0n) is 14.9. The Morgan fingerprint density at radius 3 is 1.57 bits per heavy atom. The second-order valence-electron chi connectivity index (χ2n) is 6.70. The van der Waals surface area contributed by atoms with Crippen molar-refractivity contribution in [3.63, 3.8) is 0 Å². The van der Waals surface area contributed by atoms with Crippen molar-refractivity contribution < 1.29 is 0 Å². The van der Waals surface area contributed by atoms with Gasteiger partial charge in [-0.05, 0) is 39.0 Å². The third-order valence-electron chi connectivity index (χ3n) is 4.17. The lowest BCUT2D eigenvalue weighted by molar-refractivity contribution is 0.550. The maximum absolute atomic E-state index is 5.75. The monoisotopic (exact) mass is 295 g/mol. The third-order valence-corrected chi connectivity index (χ3v) is 4.17. The number of allylic oxidation sites excluding steroid dienone is 2. The van der Waals surface area contributed by atoms with Crippen LogP contribution >= 0.6 is 0 Å². The average molecular weight is 296 g/mol. The minimum Gasteiger partial charge on any atom is -0.328 e. The zero-order chi connectivity index (χ0) is 15.6. The fourth-order valence-electron chi connectivity index (χ4n) is 2.71. The summed E-state index contributed by atoms with van der Waals surface area (Å²) < 4.78 is 0. The van der Waals surface area contributed by atoms with Gasteiger partial charge < -0.3 is 5.73 Å². The summed E-state index contributed by atoms with van der Waals surface area (Å²) in [6.45, 7) is 4.39. The van der Waals surface area contributed by atoms with E-state index in [1.54, 1.807) is 0 Å². The minimum atomic E-state index is 0.391. The van der Waals surface area contributed by atoms with Crippen molar-refractivity contribution in [1.82, 2.24) is 0 Å². The third kappa shape index (κ3) is 19.7. The summed E-state index contributed by atoms with van der Waals surface area (Å²) in [6, 6.07) is 0.391. The highest BCUT2D eigenvalue weighted by molar-refractivity contribution is 4.81. The molecule has 0 fully saturated rings. The van der Waals surface area contributed by atoms with E-state index in [-0.39, 0.29) is 0 Å². The molecule has 1 unspecified atom stereocenters. The molecule has 0 radical (unpaired) electrons. The molecule has 1 heteroatoms. The fourth-order valence-corrected chi connectivity index (χ4v) is 2.71. The van der Waals surface area contributed by atoms with Gasteiger partial charge in [0.1, 0.15) is 0 Å². The quantitative estimate of drug-likeness (QED) is 0.247. The molecule has 2 N–H and O–H groups in total. The van der Waals surface area contributed by atoms with Crippen LogP contribution in [-0.4, -0.2) is 6.04 Å². The van der Waals surface area contributed by atoms with Crippen LogP contribution in [0, 0.1) is 0 Å². The summed E-state index contributed by atoms with van der Waals surface area (Å²) >= 11 is 0. The maximum atomic E-state index is 5.75. The van der Waals surface area contributed by atoms with Crippen molar-refractivity contribution in [3.8, 4) is 0 Å². The molecule has 0 aromatic rings. The Balaban J connectivity index is 3.05. The number of unbranched alkanes of at least 4 members (excludes halogenated alkanes) is 12. The Bertz CT molecular complexity index is 208. The van der Waals surface area contributed by atoms with Crippen LogP contribution in [0.15, 0.2) is 12.2 Å². The van der Waals surface area contributed by atoms with Gasteiger partial charge in [0.15, 0.2) is 0 Å². The Morgan fingerprint density at radius 2 is 1.10 bits per heavy atom. The summed E-state index contributed by atoms with van der Waals surface area (Å²) in [6.07, 6.45) is 25.3. The Morgan fingerprint density at radius 1 is 0.667 bits per heavy atom. The predicted octanol–water partition coefficient (Wildman–Crippen LogP) is 6.76. The second kappa shape index (κ2) is 17.8. The van der Waals surface area contributed by atoms with Gasteiger partial charge in [0.05, 0.1) is 0 Å². The van der Waals surface area contributed by atoms with Crippen LogP contribution in [0.4, 0.5) is 0 Å². The lowest BCUT2D eigenvalue weighted by Gasteiger charge is -2.04. The molecule has 21 heavy (non-hydrogen) atoms. The molecular weight excluding hydrogens is 254 g/mol. The molecular formula is C20H41N. The molecule has 0 saturated heterocycles. The fraction of sp³-hybridized carbons (Fsp3) is 0.900. The molecule has 0 aliphatic heterocycles. The number of hydrogen-bond donors (Lipinski definition) is 1. The number of rotatable bonds is 16. The van der Waals surface area contributed by atoms with E-state index < -0.39 is 0 Å². The van der Waals surface area contributed by atoms with Crippen molar-refractivity contribution in [1.29, 1.82) is 0 Å². The molecule has 0 aromatic carbocycles. The van der Waals surface area contributed by atoms with Crippen LogP contribution in [0.25, 0.3) is 0 Å². The van der Waals surface area contributed by atoms with Crippen LogP contribution in [0.2, 0.25) is 0 Å². The summed E-state index contributed by atoms with van der Waals surface area (Å²) in [5, 5.41) is 0. The van der Waals surface area contributed by atoms with Gasteiger partial charge in [-0.3, -0.25) is 0 Å². The van der Waals surface area contributed by atoms with Gasteiger partial charge >= 0.3 is 0 Å². The summed E-state index contributed by atoms with van der Waals surface area (Å²) in [4.78, 5) is 0. The Hall–Kier alpha value is -0.300. The van der Waals surface area contributed by atoms with E-state index in [1.165, 1.54) is 96.3 Å². The van der Waals surface area contributed by atoms with Crippen molar-refractivity contribution in [2.75, 3.05) is 0 Å². The first kappa shape index (κ1) is 20.7. The topological polar surface area (TPSA) is 26.0 Å². The molecule has 126 valence electrons. The van der Waals surface area contributed by atoms with Crippen molar-refractivity contribution >= 4 is 0 Å². The standard InChI is InChI=1S/C20H41N/c1-3-4-5-6-7-8-9-10-11-12-13-14-15-16-17-18-19-20(2)21/h10-11,20H,3-9,12-19,21H2,1-2H3/b11-10-. The second-order valence-corrected chi connectivity index (χ2v) is 6.70. The van der Waals surface area contributed by atoms with Crippen LogP contribution in [0.3, 0.4) is 0 Å². The Labute approximate surface area is 134 Å². The molecule has 0 saturated carbocycles. The number of nitrogens with two attached hydrogens (primary N) is 1. The summed E-state index contributed by atoms with van der Waals surface area (Å²) in [5.74, 6) is 0. The molecule has 0 amide bonds. The van der Waals surface area contributed by atoms with E-state index in [0.29, 0.717) is 6.04 Å². The van der Waals surface area contributed by atoms with E-state index in [4.69, 9.17) is 5.73 Å².